The van der Waals surface area contributed by atoms with Gasteiger partial charge in [-0.05, 0) is 40.6 Å². The van der Waals surface area contributed by atoms with Crippen LogP contribution in [0.5, 0.6) is 0 Å². The van der Waals surface area contributed by atoms with Crippen LogP contribution in [0.2, 0.25) is 0 Å². The van der Waals surface area contributed by atoms with Crippen LogP contribution in [0.1, 0.15) is 26.3 Å². The lowest BCUT2D eigenvalue weighted by molar-refractivity contribution is -0.119. The number of amides is 2. The molecule has 3 aromatic carbocycles. The molecule has 0 aliphatic heterocycles. The number of carboxylic acids is 1. The van der Waals surface area contributed by atoms with E-state index in [1.165, 1.54) is 12.1 Å². The largest absolute Gasteiger partial charge is 0.478 e. The van der Waals surface area contributed by atoms with Gasteiger partial charge in [-0.25, -0.2) is 4.79 Å². The van der Waals surface area contributed by atoms with Gasteiger partial charge in [-0.15, -0.1) is 0 Å². The molecule has 6 heteroatoms. The average molecular weight is 362 g/mol. The zero-order valence-corrected chi connectivity index (χ0v) is 14.4. The highest BCUT2D eigenvalue weighted by Gasteiger charge is 2.20. The van der Waals surface area contributed by atoms with Crippen LogP contribution in [0.4, 0.5) is 0 Å². The fraction of sp³-hybridized carbons (Fsp3) is 0.0952. The molecule has 0 spiro atoms. The second-order valence-electron chi connectivity index (χ2n) is 6.20. The third-order valence-electron chi connectivity index (χ3n) is 4.30. The molecule has 3 aromatic rings. The van der Waals surface area contributed by atoms with Crippen LogP contribution in [0.3, 0.4) is 0 Å². The maximum Gasteiger partial charge on any atom is 0.335 e. The van der Waals surface area contributed by atoms with E-state index in [1.54, 1.807) is 24.3 Å². The normalized spacial score (nSPS) is 11.7. The highest BCUT2D eigenvalue weighted by molar-refractivity contribution is 6.00. The third kappa shape index (κ3) is 4.30. The summed E-state index contributed by atoms with van der Waals surface area (Å²) in [5.74, 6) is -2.09. The molecule has 136 valence electrons. The molecule has 0 unspecified atom stereocenters. The van der Waals surface area contributed by atoms with Crippen molar-refractivity contribution in [3.8, 4) is 0 Å². The Labute approximate surface area is 155 Å². The van der Waals surface area contributed by atoms with Crippen LogP contribution in [0.25, 0.3) is 10.8 Å². The van der Waals surface area contributed by atoms with Crippen LogP contribution in [-0.2, 0) is 11.2 Å². The van der Waals surface area contributed by atoms with Gasteiger partial charge in [-0.2, -0.15) is 0 Å². The van der Waals surface area contributed by atoms with Gasteiger partial charge in [0.1, 0.15) is 6.04 Å². The van der Waals surface area contributed by atoms with Crippen molar-refractivity contribution < 1.29 is 19.5 Å². The number of hydrogen-bond donors (Lipinski definition) is 3. The molecular weight excluding hydrogens is 344 g/mol. The smallest absolute Gasteiger partial charge is 0.335 e. The quantitative estimate of drug-likeness (QED) is 0.625. The van der Waals surface area contributed by atoms with E-state index in [9.17, 15) is 14.4 Å². The number of hydrogen-bond acceptors (Lipinski definition) is 3. The van der Waals surface area contributed by atoms with E-state index in [-0.39, 0.29) is 12.0 Å². The molecule has 2 amide bonds. The number of carboxylic acid groups (broad SMARTS) is 1. The molecule has 3 rings (SSSR count). The van der Waals surface area contributed by atoms with Crippen molar-refractivity contribution in [3.05, 3.63) is 83.4 Å². The lowest BCUT2D eigenvalue weighted by Gasteiger charge is -2.16. The van der Waals surface area contributed by atoms with E-state index in [2.05, 4.69) is 5.32 Å². The molecule has 0 saturated carbocycles. The Balaban J connectivity index is 1.75. The summed E-state index contributed by atoms with van der Waals surface area (Å²) in [5.41, 5.74) is 6.71. The van der Waals surface area contributed by atoms with Gasteiger partial charge in [0.15, 0.2) is 0 Å². The standard InChI is InChI=1S/C21H18N2O4/c22-19(24)18(11-13-5-7-15(8-6-13)21(26)27)23-20(25)17-10-9-14-3-1-2-4-16(14)12-17/h1-10,12,18H,11H2,(H2,22,24)(H,23,25)(H,26,27)/t18-/m0/s1. The number of fused-ring (bicyclic) bond motifs is 1. The van der Waals surface area contributed by atoms with Crippen LogP contribution >= 0.6 is 0 Å². The second-order valence-corrected chi connectivity index (χ2v) is 6.20. The predicted molar refractivity (Wildman–Crippen MR) is 102 cm³/mol. The van der Waals surface area contributed by atoms with Gasteiger partial charge in [0, 0.05) is 12.0 Å². The second kappa shape index (κ2) is 7.70. The molecule has 0 radical (unpaired) electrons. The van der Waals surface area contributed by atoms with Crippen LogP contribution in [-0.4, -0.2) is 28.9 Å². The Hall–Kier alpha value is -3.67. The maximum atomic E-state index is 12.5. The van der Waals surface area contributed by atoms with Gasteiger partial charge < -0.3 is 16.2 Å². The number of carbonyl (C=O) groups excluding carboxylic acids is 2. The van der Waals surface area contributed by atoms with E-state index in [1.807, 2.05) is 30.3 Å². The molecule has 0 saturated heterocycles. The minimum Gasteiger partial charge on any atom is -0.478 e. The highest BCUT2D eigenvalue weighted by Crippen LogP contribution is 2.16. The summed E-state index contributed by atoms with van der Waals surface area (Å²) in [6.45, 7) is 0. The molecule has 6 nitrogen and oxygen atoms in total. The van der Waals surface area contributed by atoms with E-state index >= 15 is 0 Å². The zero-order chi connectivity index (χ0) is 19.4. The fourth-order valence-electron chi connectivity index (χ4n) is 2.81. The summed E-state index contributed by atoms with van der Waals surface area (Å²) in [4.78, 5) is 35.2. The molecule has 4 N–H and O–H groups in total. The minimum atomic E-state index is -1.03. The van der Waals surface area contributed by atoms with Gasteiger partial charge in [-0.1, -0.05) is 42.5 Å². The predicted octanol–water partition coefficient (Wildman–Crippen LogP) is 2.36. The molecule has 0 heterocycles. The van der Waals surface area contributed by atoms with Crippen LogP contribution in [0, 0.1) is 0 Å². The lowest BCUT2D eigenvalue weighted by Crippen LogP contribution is -2.45. The summed E-state index contributed by atoms with van der Waals surface area (Å²) in [6.07, 6.45) is 0.175. The van der Waals surface area contributed by atoms with Crippen LogP contribution < -0.4 is 11.1 Å². The molecule has 0 bridgehead atoms. The summed E-state index contributed by atoms with van der Waals surface area (Å²) in [7, 11) is 0. The first-order chi connectivity index (χ1) is 12.9. The molecule has 0 aliphatic carbocycles. The van der Waals surface area contributed by atoms with Crippen molar-refractivity contribution in [1.82, 2.24) is 5.32 Å². The molecule has 27 heavy (non-hydrogen) atoms. The van der Waals surface area contributed by atoms with Gasteiger partial charge in [-0.3, -0.25) is 9.59 Å². The number of aromatic carboxylic acids is 1. The van der Waals surface area contributed by atoms with Crippen molar-refractivity contribution in [2.75, 3.05) is 0 Å². The number of primary amides is 1. The van der Waals surface area contributed by atoms with E-state index in [4.69, 9.17) is 10.8 Å². The Morgan fingerprint density at radius 2 is 1.52 bits per heavy atom. The summed E-state index contributed by atoms with van der Waals surface area (Å²) >= 11 is 0. The SMILES string of the molecule is NC(=O)[C@H](Cc1ccc(C(=O)O)cc1)NC(=O)c1ccc2ccccc2c1. The first kappa shape index (κ1) is 18.1. The molecule has 0 aliphatic rings. The highest BCUT2D eigenvalue weighted by atomic mass is 16.4. The van der Waals surface area contributed by atoms with E-state index in [0.717, 1.165) is 10.8 Å². The van der Waals surface area contributed by atoms with Gasteiger partial charge in [0.2, 0.25) is 5.91 Å². The molecule has 0 fully saturated rings. The Bertz CT molecular complexity index is 1010. The molecular formula is C21H18N2O4. The first-order valence-electron chi connectivity index (χ1n) is 8.35. The fourth-order valence-corrected chi connectivity index (χ4v) is 2.81. The number of carbonyl (C=O) groups is 3. The van der Waals surface area contributed by atoms with Crippen LogP contribution in [0.15, 0.2) is 66.7 Å². The summed E-state index contributed by atoms with van der Waals surface area (Å²) in [6, 6.07) is 18.1. The topological polar surface area (TPSA) is 109 Å². The van der Waals surface area contributed by atoms with Gasteiger partial charge >= 0.3 is 5.97 Å². The van der Waals surface area contributed by atoms with Gasteiger partial charge in [0.05, 0.1) is 5.56 Å². The third-order valence-corrected chi connectivity index (χ3v) is 4.30. The Kier molecular flexibility index (Phi) is 5.17. The van der Waals surface area contributed by atoms with Gasteiger partial charge in [0.25, 0.3) is 5.91 Å². The Morgan fingerprint density at radius 1 is 0.889 bits per heavy atom. The number of rotatable bonds is 6. The minimum absolute atomic E-state index is 0.148. The van der Waals surface area contributed by atoms with Crippen molar-refractivity contribution in [2.45, 2.75) is 12.5 Å². The number of benzene rings is 3. The summed E-state index contributed by atoms with van der Waals surface area (Å²) in [5, 5.41) is 13.5. The van der Waals surface area contributed by atoms with E-state index < -0.39 is 23.8 Å². The number of nitrogens with one attached hydrogen (secondary N) is 1. The monoisotopic (exact) mass is 362 g/mol. The molecule has 1 atom stereocenters. The maximum absolute atomic E-state index is 12.5. The van der Waals surface area contributed by atoms with Crippen molar-refractivity contribution in [3.63, 3.8) is 0 Å². The zero-order valence-electron chi connectivity index (χ0n) is 14.4. The van der Waals surface area contributed by atoms with Crippen molar-refractivity contribution in [2.24, 2.45) is 5.73 Å². The van der Waals surface area contributed by atoms with E-state index in [0.29, 0.717) is 11.1 Å². The summed E-state index contributed by atoms with van der Waals surface area (Å²) < 4.78 is 0. The first-order valence-corrected chi connectivity index (χ1v) is 8.35. The average Bonchev–Trinajstić information content (AvgIpc) is 2.67. The Morgan fingerprint density at radius 3 is 2.15 bits per heavy atom. The lowest BCUT2D eigenvalue weighted by atomic mass is 10.0. The molecule has 0 aromatic heterocycles. The van der Waals surface area contributed by atoms with Crippen molar-refractivity contribution in [1.29, 1.82) is 0 Å². The van der Waals surface area contributed by atoms with Crippen molar-refractivity contribution >= 4 is 28.6 Å². The number of nitrogens with two attached hydrogens (primary N) is 1.